The molecular weight excluding hydrogens is 889 g/mol. The molecule has 0 saturated carbocycles. The molecule has 14 rings (SSSR count). The summed E-state index contributed by atoms with van der Waals surface area (Å²) in [5.41, 5.74) is 19.5. The predicted octanol–water partition coefficient (Wildman–Crippen LogP) is 18.2. The van der Waals surface area contributed by atoms with Gasteiger partial charge in [0.2, 0.25) is 0 Å². The molecule has 0 fully saturated rings. The third-order valence-corrected chi connectivity index (χ3v) is 14.7. The summed E-state index contributed by atoms with van der Waals surface area (Å²) in [5, 5.41) is 5.76. The van der Waals surface area contributed by atoms with Crippen molar-refractivity contribution in [2.75, 3.05) is 0 Å². The fourth-order valence-corrected chi connectivity index (χ4v) is 11.1. The van der Waals surface area contributed by atoms with Crippen LogP contribution >= 0.6 is 0 Å². The van der Waals surface area contributed by atoms with Crippen molar-refractivity contribution in [2.24, 2.45) is 0 Å². The van der Waals surface area contributed by atoms with Crippen molar-refractivity contribution in [2.45, 2.75) is 26.2 Å². The van der Waals surface area contributed by atoms with Crippen LogP contribution in [-0.2, 0) is 5.41 Å². The van der Waals surface area contributed by atoms with Crippen molar-refractivity contribution >= 4 is 65.7 Å². The van der Waals surface area contributed by atoms with Gasteiger partial charge in [0.05, 0.1) is 27.8 Å². The van der Waals surface area contributed by atoms with Gasteiger partial charge >= 0.3 is 0 Å². The molecule has 5 nitrogen and oxygen atoms in total. The zero-order valence-corrected chi connectivity index (χ0v) is 40.7. The molecule has 346 valence electrons. The van der Waals surface area contributed by atoms with E-state index in [4.69, 9.17) is 14.4 Å². The third kappa shape index (κ3) is 6.99. The number of fused-ring (bicyclic) bond motifs is 9. The van der Waals surface area contributed by atoms with E-state index in [1.54, 1.807) is 0 Å². The number of hydrogen-bond acceptors (Lipinski definition) is 3. The Labute approximate surface area is 422 Å². The molecule has 0 amide bonds. The molecule has 5 heteroatoms. The Morgan fingerprint density at radius 3 is 1.53 bits per heavy atom. The average molecular weight is 937 g/mol. The fraction of sp³-hybridized carbons (Fsp3) is 0.0588. The smallest absolute Gasteiger partial charge is 0.180 e. The minimum absolute atomic E-state index is 0.0577. The van der Waals surface area contributed by atoms with Crippen molar-refractivity contribution in [1.82, 2.24) is 19.1 Å². The number of hydrogen-bond donors (Lipinski definition) is 0. The summed E-state index contributed by atoms with van der Waals surface area (Å²) in [6.45, 7) is 6.81. The van der Waals surface area contributed by atoms with E-state index in [-0.39, 0.29) is 5.41 Å². The van der Waals surface area contributed by atoms with E-state index in [9.17, 15) is 0 Å². The van der Waals surface area contributed by atoms with Gasteiger partial charge in [-0.15, -0.1) is 0 Å². The van der Waals surface area contributed by atoms with E-state index >= 15 is 0 Å². The summed E-state index contributed by atoms with van der Waals surface area (Å²) < 4.78 is 11.7. The minimum Gasteiger partial charge on any atom is -0.452 e. The maximum Gasteiger partial charge on any atom is 0.180 e. The van der Waals surface area contributed by atoms with E-state index in [0.717, 1.165) is 78.0 Å². The number of furan rings is 1. The van der Waals surface area contributed by atoms with Crippen LogP contribution in [0.4, 0.5) is 0 Å². The molecule has 0 N–H and O–H groups in total. The molecule has 0 atom stereocenters. The van der Waals surface area contributed by atoms with Gasteiger partial charge in [0.15, 0.2) is 11.4 Å². The van der Waals surface area contributed by atoms with Crippen LogP contribution in [0.5, 0.6) is 0 Å². The Hall–Kier alpha value is -9.32. The first kappa shape index (κ1) is 42.5. The SMILES string of the molecule is CC(C)(C)c1ccc(-c2ccc3c(c2)c2ccc(-n4c5ccccc5c5ccccc54)cc2n3-c2c(-c3ccccc3)cc(-c3nc(-c4ccccc4)nc4c3oc3ccccc34)cc2-c2ccccc2)cc1. The van der Waals surface area contributed by atoms with Crippen molar-refractivity contribution in [3.63, 3.8) is 0 Å². The average Bonchev–Trinajstić information content (AvgIpc) is 4.10. The number of para-hydroxylation sites is 3. The first-order valence-electron chi connectivity index (χ1n) is 25.1. The summed E-state index contributed by atoms with van der Waals surface area (Å²) in [5.74, 6) is 0.644. The zero-order chi connectivity index (χ0) is 48.8. The Morgan fingerprint density at radius 2 is 0.904 bits per heavy atom. The lowest BCUT2D eigenvalue weighted by atomic mass is 9.86. The van der Waals surface area contributed by atoms with Crippen LogP contribution in [0.1, 0.15) is 26.3 Å². The van der Waals surface area contributed by atoms with Crippen LogP contribution in [0, 0.1) is 0 Å². The molecule has 0 spiro atoms. The van der Waals surface area contributed by atoms with Gasteiger partial charge in [0.1, 0.15) is 16.8 Å². The Balaban J connectivity index is 1.11. The predicted molar refractivity (Wildman–Crippen MR) is 304 cm³/mol. The van der Waals surface area contributed by atoms with E-state index in [1.807, 2.05) is 36.4 Å². The van der Waals surface area contributed by atoms with Crippen molar-refractivity contribution in [3.05, 3.63) is 242 Å². The monoisotopic (exact) mass is 936 g/mol. The lowest BCUT2D eigenvalue weighted by molar-refractivity contribution is 0.590. The quantitative estimate of drug-likeness (QED) is 0.160. The highest BCUT2D eigenvalue weighted by Crippen LogP contribution is 2.47. The minimum atomic E-state index is 0.0577. The summed E-state index contributed by atoms with van der Waals surface area (Å²) in [4.78, 5) is 10.6. The van der Waals surface area contributed by atoms with Gasteiger partial charge < -0.3 is 13.6 Å². The van der Waals surface area contributed by atoms with E-state index in [0.29, 0.717) is 11.4 Å². The second-order valence-corrected chi connectivity index (χ2v) is 20.2. The second kappa shape index (κ2) is 16.6. The van der Waals surface area contributed by atoms with Crippen molar-refractivity contribution < 1.29 is 4.42 Å². The lowest BCUT2D eigenvalue weighted by Crippen LogP contribution is -2.10. The third-order valence-electron chi connectivity index (χ3n) is 14.7. The molecule has 14 aromatic rings. The summed E-state index contributed by atoms with van der Waals surface area (Å²) >= 11 is 0. The van der Waals surface area contributed by atoms with Gasteiger partial charge in [-0.05, 0) is 93.9 Å². The highest BCUT2D eigenvalue weighted by Gasteiger charge is 2.26. The Bertz CT molecular complexity index is 4330. The van der Waals surface area contributed by atoms with Crippen molar-refractivity contribution in [1.29, 1.82) is 0 Å². The summed E-state index contributed by atoms with van der Waals surface area (Å²) in [7, 11) is 0. The molecule has 0 aliphatic heterocycles. The topological polar surface area (TPSA) is 48.8 Å². The van der Waals surface area contributed by atoms with Gasteiger partial charge in [-0.25, -0.2) is 9.97 Å². The van der Waals surface area contributed by atoms with Crippen LogP contribution in [0.15, 0.2) is 241 Å². The van der Waals surface area contributed by atoms with Gasteiger partial charge in [-0.3, -0.25) is 0 Å². The van der Waals surface area contributed by atoms with Crippen LogP contribution in [0.25, 0.3) is 133 Å². The first-order valence-corrected chi connectivity index (χ1v) is 25.1. The van der Waals surface area contributed by atoms with Crippen LogP contribution in [0.2, 0.25) is 0 Å². The Morgan fingerprint density at radius 1 is 0.370 bits per heavy atom. The highest BCUT2D eigenvalue weighted by molar-refractivity contribution is 6.14. The molecule has 0 aliphatic carbocycles. The zero-order valence-electron chi connectivity index (χ0n) is 40.7. The molecule has 73 heavy (non-hydrogen) atoms. The first-order chi connectivity index (χ1) is 35.8. The molecule has 0 saturated heterocycles. The fourth-order valence-electron chi connectivity index (χ4n) is 11.1. The summed E-state index contributed by atoms with van der Waals surface area (Å²) in [6, 6.07) is 85.3. The second-order valence-electron chi connectivity index (χ2n) is 20.2. The number of aromatic nitrogens is 4. The van der Waals surface area contributed by atoms with E-state index in [1.165, 1.54) is 49.3 Å². The largest absolute Gasteiger partial charge is 0.452 e. The van der Waals surface area contributed by atoms with Gasteiger partial charge in [0, 0.05) is 54.9 Å². The summed E-state index contributed by atoms with van der Waals surface area (Å²) in [6.07, 6.45) is 0. The molecule has 0 bridgehead atoms. The molecule has 0 unspecified atom stereocenters. The van der Waals surface area contributed by atoms with Crippen LogP contribution in [0.3, 0.4) is 0 Å². The molecular formula is C68H48N4O. The normalized spacial score (nSPS) is 12.0. The standard InChI is InChI=1S/C68H48N4O/c1-68(2,3)49-34-31-43(32-35-49)47-33-38-60-57(39-47)53-37-36-50(71-58-28-16-13-25-51(58)52-26-14-17-29-59(52)71)42-61(53)72(60)65-55(44-19-7-4-8-20-44)40-48(41-56(65)45-21-9-5-10-22-45)63-66-64(54-27-15-18-30-62(54)73-66)70-67(69-63)46-23-11-6-12-24-46/h4-42H,1-3H3. The molecule has 0 radical (unpaired) electrons. The van der Waals surface area contributed by atoms with Crippen molar-refractivity contribution in [3.8, 4) is 67.4 Å². The van der Waals surface area contributed by atoms with E-state index < -0.39 is 0 Å². The molecule has 0 aliphatic rings. The van der Waals surface area contributed by atoms with E-state index in [2.05, 4.69) is 230 Å². The Kier molecular flexibility index (Phi) is 9.70. The number of nitrogens with zero attached hydrogens (tertiary/aromatic N) is 4. The van der Waals surface area contributed by atoms with Gasteiger partial charge in [-0.2, -0.15) is 0 Å². The lowest BCUT2D eigenvalue weighted by Gasteiger charge is -2.21. The number of rotatable bonds is 7. The molecule has 10 aromatic carbocycles. The van der Waals surface area contributed by atoms with Crippen LogP contribution < -0.4 is 0 Å². The molecule has 4 heterocycles. The molecule has 4 aromatic heterocycles. The van der Waals surface area contributed by atoms with Gasteiger partial charge in [-0.1, -0.05) is 197 Å². The highest BCUT2D eigenvalue weighted by atomic mass is 16.3. The van der Waals surface area contributed by atoms with Gasteiger partial charge in [0.25, 0.3) is 0 Å². The number of benzene rings is 10. The maximum absolute atomic E-state index is 6.79. The van der Waals surface area contributed by atoms with Crippen LogP contribution in [-0.4, -0.2) is 19.1 Å². The maximum atomic E-state index is 6.79.